The van der Waals surface area contributed by atoms with Crippen LogP contribution < -0.4 is 16.6 Å². The Bertz CT molecular complexity index is 568. The standard InChI is InChI=1S/C12H18N6S/c1-18-5-2-3-8(18)7-14-11-10-9(4-6-19-10)15-12(16-11)17-13/h4,6,8H,2-3,5,7,13H2,1H3,(H2,14,15,16,17). The van der Waals surface area contributed by atoms with Crippen molar-refractivity contribution in [3.63, 3.8) is 0 Å². The first-order chi connectivity index (χ1) is 9.28. The van der Waals surface area contributed by atoms with Crippen molar-refractivity contribution in [1.29, 1.82) is 0 Å². The quantitative estimate of drug-likeness (QED) is 0.581. The summed E-state index contributed by atoms with van der Waals surface area (Å²) in [7, 11) is 2.17. The highest BCUT2D eigenvalue weighted by atomic mass is 32.1. The fourth-order valence-corrected chi connectivity index (χ4v) is 3.30. The van der Waals surface area contributed by atoms with Gasteiger partial charge >= 0.3 is 0 Å². The van der Waals surface area contributed by atoms with Crippen LogP contribution in [-0.4, -0.2) is 41.0 Å². The van der Waals surface area contributed by atoms with Crippen molar-refractivity contribution >= 4 is 33.3 Å². The number of likely N-dealkylation sites (N-methyl/N-ethyl adjacent to an activating group) is 1. The average molecular weight is 278 g/mol. The minimum Gasteiger partial charge on any atom is -0.367 e. The molecule has 1 atom stereocenters. The van der Waals surface area contributed by atoms with Crippen LogP contribution in [0.2, 0.25) is 0 Å². The first-order valence-electron chi connectivity index (χ1n) is 6.44. The number of fused-ring (bicyclic) bond motifs is 1. The molecule has 0 bridgehead atoms. The predicted molar refractivity (Wildman–Crippen MR) is 79.4 cm³/mol. The third kappa shape index (κ3) is 2.49. The first kappa shape index (κ1) is 12.6. The van der Waals surface area contributed by atoms with Crippen LogP contribution in [0.5, 0.6) is 0 Å². The summed E-state index contributed by atoms with van der Waals surface area (Å²) in [4.78, 5) is 11.1. The Hall–Kier alpha value is -1.44. The normalized spacial score (nSPS) is 20.0. The molecular weight excluding hydrogens is 260 g/mol. The summed E-state index contributed by atoms with van der Waals surface area (Å²) in [6.07, 6.45) is 2.51. The number of hydrogen-bond donors (Lipinski definition) is 3. The van der Waals surface area contributed by atoms with E-state index in [2.05, 4.69) is 32.7 Å². The smallest absolute Gasteiger partial charge is 0.239 e. The molecule has 1 unspecified atom stereocenters. The number of nitrogens with one attached hydrogen (secondary N) is 2. The van der Waals surface area contributed by atoms with Gasteiger partial charge in [0, 0.05) is 12.6 Å². The fraction of sp³-hybridized carbons (Fsp3) is 0.500. The highest BCUT2D eigenvalue weighted by Gasteiger charge is 2.21. The molecule has 7 heteroatoms. The van der Waals surface area contributed by atoms with Crippen molar-refractivity contribution in [1.82, 2.24) is 14.9 Å². The van der Waals surface area contributed by atoms with E-state index in [9.17, 15) is 0 Å². The number of rotatable bonds is 4. The summed E-state index contributed by atoms with van der Waals surface area (Å²) in [6, 6.07) is 2.56. The van der Waals surface area contributed by atoms with Gasteiger partial charge in [0.15, 0.2) is 0 Å². The summed E-state index contributed by atoms with van der Waals surface area (Å²) < 4.78 is 1.08. The minimum absolute atomic E-state index is 0.452. The van der Waals surface area contributed by atoms with E-state index < -0.39 is 0 Å². The molecule has 0 radical (unpaired) electrons. The number of hydrazine groups is 1. The third-order valence-corrected chi connectivity index (χ3v) is 4.52. The van der Waals surface area contributed by atoms with E-state index in [4.69, 9.17) is 5.84 Å². The van der Waals surface area contributed by atoms with Crippen LogP contribution in [0.3, 0.4) is 0 Å². The van der Waals surface area contributed by atoms with E-state index in [0.717, 1.165) is 22.6 Å². The van der Waals surface area contributed by atoms with E-state index in [1.165, 1.54) is 19.4 Å². The second-order valence-corrected chi connectivity index (χ2v) is 5.75. The van der Waals surface area contributed by atoms with Crippen LogP contribution in [0.25, 0.3) is 10.2 Å². The molecule has 6 nitrogen and oxygen atoms in total. The van der Waals surface area contributed by atoms with Gasteiger partial charge in [-0.1, -0.05) is 0 Å². The highest BCUT2D eigenvalue weighted by Crippen LogP contribution is 2.27. The number of nitrogens with two attached hydrogens (primary N) is 1. The lowest BCUT2D eigenvalue weighted by atomic mass is 10.2. The minimum atomic E-state index is 0.452. The largest absolute Gasteiger partial charge is 0.367 e. The Balaban J connectivity index is 1.81. The zero-order chi connectivity index (χ0) is 13.2. The molecule has 3 rings (SSSR count). The van der Waals surface area contributed by atoms with Crippen molar-refractivity contribution < 1.29 is 0 Å². The summed E-state index contributed by atoms with van der Waals surface area (Å²) >= 11 is 1.65. The lowest BCUT2D eigenvalue weighted by Crippen LogP contribution is -2.31. The van der Waals surface area contributed by atoms with Gasteiger partial charge in [-0.3, -0.25) is 5.43 Å². The van der Waals surface area contributed by atoms with E-state index >= 15 is 0 Å². The number of nitrogens with zero attached hydrogens (tertiary/aromatic N) is 3. The number of hydrogen-bond acceptors (Lipinski definition) is 7. The maximum absolute atomic E-state index is 5.41. The lowest BCUT2D eigenvalue weighted by molar-refractivity contribution is 0.322. The van der Waals surface area contributed by atoms with Crippen LogP contribution >= 0.6 is 11.3 Å². The highest BCUT2D eigenvalue weighted by molar-refractivity contribution is 7.17. The number of likely N-dealkylation sites (tertiary alicyclic amines) is 1. The van der Waals surface area contributed by atoms with Gasteiger partial charge in [0.1, 0.15) is 5.82 Å². The predicted octanol–water partition coefficient (Wildman–Crippen LogP) is 1.48. The van der Waals surface area contributed by atoms with Gasteiger partial charge < -0.3 is 10.2 Å². The Kier molecular flexibility index (Phi) is 3.50. The van der Waals surface area contributed by atoms with E-state index in [-0.39, 0.29) is 0 Å². The second-order valence-electron chi connectivity index (χ2n) is 4.83. The van der Waals surface area contributed by atoms with Crippen molar-refractivity contribution in [2.45, 2.75) is 18.9 Å². The molecule has 3 heterocycles. The van der Waals surface area contributed by atoms with Gasteiger partial charge in [0.05, 0.1) is 10.2 Å². The molecule has 1 fully saturated rings. The van der Waals surface area contributed by atoms with E-state index in [0.29, 0.717) is 12.0 Å². The maximum atomic E-state index is 5.41. The molecule has 4 N–H and O–H groups in total. The molecule has 19 heavy (non-hydrogen) atoms. The summed E-state index contributed by atoms with van der Waals surface area (Å²) in [5.41, 5.74) is 3.44. The molecule has 0 aliphatic carbocycles. The molecule has 0 saturated carbocycles. The zero-order valence-corrected chi connectivity index (χ0v) is 11.7. The number of anilines is 2. The van der Waals surface area contributed by atoms with Gasteiger partial charge in [-0.25, -0.2) is 10.8 Å². The van der Waals surface area contributed by atoms with Crippen LogP contribution in [0.15, 0.2) is 11.4 Å². The Morgan fingerprint density at radius 3 is 3.16 bits per heavy atom. The van der Waals surface area contributed by atoms with Crippen LogP contribution in [-0.2, 0) is 0 Å². The molecule has 1 saturated heterocycles. The summed E-state index contributed by atoms with van der Waals surface area (Å²) in [5.74, 6) is 6.73. The fourth-order valence-electron chi connectivity index (χ4n) is 2.50. The van der Waals surface area contributed by atoms with Crippen LogP contribution in [0.4, 0.5) is 11.8 Å². The number of nitrogen functional groups attached to an aromatic ring is 1. The van der Waals surface area contributed by atoms with Gasteiger partial charge in [-0.2, -0.15) is 4.98 Å². The number of aromatic nitrogens is 2. The Morgan fingerprint density at radius 2 is 2.42 bits per heavy atom. The third-order valence-electron chi connectivity index (χ3n) is 3.61. The van der Waals surface area contributed by atoms with Crippen molar-refractivity contribution in [3.05, 3.63) is 11.4 Å². The van der Waals surface area contributed by atoms with Gasteiger partial charge in [0.2, 0.25) is 5.95 Å². The van der Waals surface area contributed by atoms with Gasteiger partial charge in [-0.05, 0) is 37.9 Å². The molecule has 2 aromatic heterocycles. The van der Waals surface area contributed by atoms with Crippen molar-refractivity contribution in [2.24, 2.45) is 5.84 Å². The molecule has 1 aliphatic rings. The zero-order valence-electron chi connectivity index (χ0n) is 10.9. The Labute approximate surface area is 116 Å². The molecule has 102 valence electrons. The van der Waals surface area contributed by atoms with E-state index in [1.54, 1.807) is 11.3 Å². The average Bonchev–Trinajstić information content (AvgIpc) is 3.04. The van der Waals surface area contributed by atoms with E-state index in [1.807, 2.05) is 11.4 Å². The SMILES string of the molecule is CN1CCCC1CNc1nc(NN)nc2ccsc12. The van der Waals surface area contributed by atoms with Crippen LogP contribution in [0, 0.1) is 0 Å². The topological polar surface area (TPSA) is 79.1 Å². The van der Waals surface area contributed by atoms with Crippen molar-refractivity contribution in [2.75, 3.05) is 30.9 Å². The summed E-state index contributed by atoms with van der Waals surface area (Å²) in [5, 5.41) is 5.46. The van der Waals surface area contributed by atoms with Crippen molar-refractivity contribution in [3.8, 4) is 0 Å². The molecular formula is C12H18N6S. The van der Waals surface area contributed by atoms with Crippen LogP contribution in [0.1, 0.15) is 12.8 Å². The molecule has 0 spiro atoms. The molecule has 1 aliphatic heterocycles. The lowest BCUT2D eigenvalue weighted by Gasteiger charge is -2.20. The molecule has 0 amide bonds. The molecule has 0 aromatic carbocycles. The summed E-state index contributed by atoms with van der Waals surface area (Å²) in [6.45, 7) is 2.09. The monoisotopic (exact) mass is 278 g/mol. The van der Waals surface area contributed by atoms with Gasteiger partial charge in [0.25, 0.3) is 0 Å². The van der Waals surface area contributed by atoms with Gasteiger partial charge in [-0.15, -0.1) is 11.3 Å². The maximum Gasteiger partial charge on any atom is 0.239 e. The second kappa shape index (κ2) is 5.28. The first-order valence-corrected chi connectivity index (χ1v) is 7.32. The number of thiophene rings is 1. The Morgan fingerprint density at radius 1 is 1.53 bits per heavy atom. The molecule has 2 aromatic rings.